The maximum absolute atomic E-state index is 10.9. The van der Waals surface area contributed by atoms with Gasteiger partial charge in [0.05, 0.1) is 19.8 Å². The lowest BCUT2D eigenvalue weighted by Crippen LogP contribution is -2.65. The van der Waals surface area contributed by atoms with E-state index in [-0.39, 0.29) is 0 Å². The molecule has 2 aliphatic heterocycles. The van der Waals surface area contributed by atoms with E-state index in [1.54, 1.807) is 0 Å². The lowest BCUT2D eigenvalue weighted by atomic mass is 9.96. The molecule has 2 aliphatic rings. The van der Waals surface area contributed by atoms with Crippen LogP contribution < -0.4 is 0 Å². The Morgan fingerprint density at radius 3 is 1.83 bits per heavy atom. The van der Waals surface area contributed by atoms with Crippen LogP contribution in [0.25, 0.3) is 0 Å². The minimum atomic E-state index is -2.48. The maximum Gasteiger partial charge on any atom is 0.335 e. The zero-order valence-corrected chi connectivity index (χ0v) is 18.1. The van der Waals surface area contributed by atoms with Crippen molar-refractivity contribution in [3.8, 4) is 0 Å². The summed E-state index contributed by atoms with van der Waals surface area (Å²) >= 11 is 0. The largest absolute Gasteiger partial charge is 0.479 e. The molecular formula is C18H32O17. The predicted octanol–water partition coefficient (Wildman–Crippen LogP) is -7.84. The monoisotopic (exact) mass is 520 g/mol. The van der Waals surface area contributed by atoms with E-state index in [1.165, 1.54) is 0 Å². The number of carboxylic acid groups (broad SMARTS) is 1. The predicted molar refractivity (Wildman–Crippen MR) is 104 cm³/mol. The molecule has 14 atom stereocenters. The normalized spacial score (nSPS) is 41.7. The molecule has 12 N–H and O–H groups in total. The highest BCUT2D eigenvalue weighted by Gasteiger charge is 2.52. The van der Waals surface area contributed by atoms with Crippen LogP contribution in [0.4, 0.5) is 0 Å². The summed E-state index contributed by atoms with van der Waals surface area (Å²) in [6.45, 7) is -2.78. The summed E-state index contributed by atoms with van der Waals surface area (Å²) in [7, 11) is 0. The summed E-state index contributed by atoms with van der Waals surface area (Å²) in [6.07, 6.45) is -26.7. The molecule has 206 valence electrons. The third kappa shape index (κ3) is 6.60. The molecule has 0 radical (unpaired) electrons. The molecule has 0 aromatic carbocycles. The summed E-state index contributed by atoms with van der Waals surface area (Å²) in [5.74, 6) is -1.90. The fourth-order valence-electron chi connectivity index (χ4n) is 3.65. The van der Waals surface area contributed by atoms with E-state index in [0.717, 1.165) is 0 Å². The first-order valence-corrected chi connectivity index (χ1v) is 10.5. The number of carboxylic acids is 1. The van der Waals surface area contributed by atoms with Crippen LogP contribution in [0.3, 0.4) is 0 Å². The number of hydrogen-bond acceptors (Lipinski definition) is 16. The first-order valence-electron chi connectivity index (χ1n) is 10.5. The van der Waals surface area contributed by atoms with E-state index in [1.807, 2.05) is 0 Å². The number of carbonyl (C=O) groups is 1. The van der Waals surface area contributed by atoms with Crippen molar-refractivity contribution in [3.05, 3.63) is 0 Å². The van der Waals surface area contributed by atoms with Crippen molar-refractivity contribution in [1.82, 2.24) is 0 Å². The number of hydrogen-bond donors (Lipinski definition) is 12. The average molecular weight is 520 g/mol. The third-order valence-electron chi connectivity index (χ3n) is 5.73. The van der Waals surface area contributed by atoms with Gasteiger partial charge in [0, 0.05) is 0 Å². The van der Waals surface area contributed by atoms with Gasteiger partial charge < -0.3 is 80.2 Å². The molecule has 2 fully saturated rings. The van der Waals surface area contributed by atoms with Gasteiger partial charge in [0.2, 0.25) is 0 Å². The first-order chi connectivity index (χ1) is 16.4. The molecule has 2 rings (SSSR count). The van der Waals surface area contributed by atoms with E-state index >= 15 is 0 Å². The molecule has 17 nitrogen and oxygen atoms in total. The van der Waals surface area contributed by atoms with Crippen molar-refractivity contribution in [2.75, 3.05) is 19.8 Å². The molecule has 2 saturated heterocycles. The second-order valence-corrected chi connectivity index (χ2v) is 8.13. The maximum atomic E-state index is 10.9. The van der Waals surface area contributed by atoms with Crippen LogP contribution in [0.15, 0.2) is 0 Å². The fraction of sp³-hybridized carbons (Fsp3) is 0.944. The van der Waals surface area contributed by atoms with Gasteiger partial charge in [-0.1, -0.05) is 0 Å². The molecule has 0 aromatic rings. The topological polar surface area (TPSA) is 297 Å². The molecule has 0 amide bonds. The van der Waals surface area contributed by atoms with Crippen molar-refractivity contribution < 1.29 is 85.0 Å². The van der Waals surface area contributed by atoms with Gasteiger partial charge in [-0.25, -0.2) is 4.79 Å². The Morgan fingerprint density at radius 1 is 0.771 bits per heavy atom. The Balaban J connectivity index is 2.19. The van der Waals surface area contributed by atoms with E-state index in [0.29, 0.717) is 0 Å². The van der Waals surface area contributed by atoms with Gasteiger partial charge in [-0.2, -0.15) is 0 Å². The smallest absolute Gasteiger partial charge is 0.335 e. The van der Waals surface area contributed by atoms with Gasteiger partial charge in [0.15, 0.2) is 18.7 Å². The first kappa shape index (κ1) is 30.1. The van der Waals surface area contributed by atoms with Crippen molar-refractivity contribution in [2.24, 2.45) is 0 Å². The molecule has 0 aromatic heterocycles. The number of ether oxygens (including phenoxy) is 4. The van der Waals surface area contributed by atoms with E-state index in [9.17, 15) is 61.0 Å². The molecule has 0 saturated carbocycles. The Bertz CT molecular complexity index is 663. The Hall–Kier alpha value is -1.13. The van der Waals surface area contributed by atoms with Crippen LogP contribution in [0, 0.1) is 0 Å². The molecule has 2 heterocycles. The minimum absolute atomic E-state index is 0.782. The van der Waals surface area contributed by atoms with Gasteiger partial charge in [-0.3, -0.25) is 0 Å². The minimum Gasteiger partial charge on any atom is -0.479 e. The summed E-state index contributed by atoms with van der Waals surface area (Å²) in [6, 6.07) is 0. The highest BCUT2D eigenvalue weighted by molar-refractivity contribution is 5.72. The van der Waals surface area contributed by atoms with E-state index in [2.05, 4.69) is 0 Å². The lowest BCUT2D eigenvalue weighted by molar-refractivity contribution is -0.367. The Morgan fingerprint density at radius 2 is 1.31 bits per heavy atom. The second kappa shape index (κ2) is 12.9. The quantitative estimate of drug-likeness (QED) is 0.120. The second-order valence-electron chi connectivity index (χ2n) is 8.13. The van der Waals surface area contributed by atoms with E-state index < -0.39 is 112 Å². The summed E-state index contributed by atoms with van der Waals surface area (Å²) < 4.78 is 20.9. The Kier molecular flexibility index (Phi) is 11.1. The van der Waals surface area contributed by atoms with Crippen molar-refractivity contribution in [1.29, 1.82) is 0 Å². The van der Waals surface area contributed by atoms with Crippen LogP contribution in [-0.2, 0) is 23.7 Å². The summed E-state index contributed by atoms with van der Waals surface area (Å²) in [5.41, 5.74) is 0. The fourth-order valence-corrected chi connectivity index (χ4v) is 3.65. The van der Waals surface area contributed by atoms with Gasteiger partial charge in [-0.15, -0.1) is 0 Å². The van der Waals surface area contributed by atoms with Crippen molar-refractivity contribution in [2.45, 2.75) is 85.8 Å². The Labute approximate surface area is 197 Å². The third-order valence-corrected chi connectivity index (χ3v) is 5.73. The van der Waals surface area contributed by atoms with Crippen LogP contribution >= 0.6 is 0 Å². The molecule has 17 heteroatoms. The SMILES string of the molecule is O=C(O)[C@H](O)[C@@H](O)[C@H](O[C@H]1O[C@H](CO)[C@@H](O[C@H]2O[C@H](CO)[C@@H](O)[C@H](O)[C@H]2O)[C@H](O)[C@H]1O)[C@H](O)CO. The zero-order valence-electron chi connectivity index (χ0n) is 18.1. The number of aliphatic carboxylic acids is 1. The van der Waals surface area contributed by atoms with Crippen LogP contribution in [-0.4, -0.2) is 173 Å². The molecule has 0 bridgehead atoms. The molecule has 0 spiro atoms. The highest BCUT2D eigenvalue weighted by Crippen LogP contribution is 2.30. The molecule has 35 heavy (non-hydrogen) atoms. The number of aliphatic hydroxyl groups excluding tert-OH is 11. The van der Waals surface area contributed by atoms with Gasteiger partial charge in [0.1, 0.15) is 67.1 Å². The molecular weight excluding hydrogens is 488 g/mol. The van der Waals surface area contributed by atoms with Crippen LogP contribution in [0.1, 0.15) is 0 Å². The molecule has 0 unspecified atom stereocenters. The van der Waals surface area contributed by atoms with Crippen LogP contribution in [0.5, 0.6) is 0 Å². The van der Waals surface area contributed by atoms with Crippen LogP contribution in [0.2, 0.25) is 0 Å². The highest BCUT2D eigenvalue weighted by atomic mass is 16.7. The van der Waals surface area contributed by atoms with Crippen molar-refractivity contribution in [3.63, 3.8) is 0 Å². The summed E-state index contributed by atoms with van der Waals surface area (Å²) in [4.78, 5) is 10.9. The lowest BCUT2D eigenvalue weighted by Gasteiger charge is -2.46. The van der Waals surface area contributed by atoms with E-state index in [4.69, 9.17) is 24.1 Å². The number of aliphatic hydroxyl groups is 11. The number of rotatable bonds is 11. The standard InChI is InChI=1S/C18H32O17/c19-1-4(22)14(9(25)11(27)16(30)31)34-18-13(29)10(26)15(6(3-21)33-18)35-17-12(28)8(24)7(23)5(2-20)32-17/h4-15,17-29H,1-3H2,(H,30,31)/t4-,5-,6-,7-,8+,9-,10-,11-,12-,13-,14-,15-,17-,18-/m1/s1. The zero-order chi connectivity index (χ0) is 26.6. The van der Waals surface area contributed by atoms with Gasteiger partial charge in [0.25, 0.3) is 0 Å². The molecule has 0 aliphatic carbocycles. The van der Waals surface area contributed by atoms with Gasteiger partial charge in [-0.05, 0) is 0 Å². The summed E-state index contributed by atoms with van der Waals surface area (Å²) in [5, 5.41) is 117. The van der Waals surface area contributed by atoms with Crippen molar-refractivity contribution >= 4 is 5.97 Å². The average Bonchev–Trinajstić information content (AvgIpc) is 2.84. The van der Waals surface area contributed by atoms with Gasteiger partial charge >= 0.3 is 5.97 Å².